The van der Waals surface area contributed by atoms with Crippen molar-refractivity contribution in [2.24, 2.45) is 0 Å². The summed E-state index contributed by atoms with van der Waals surface area (Å²) in [5.74, 6) is 0. The molecule has 0 fully saturated rings. The SMILES string of the molecule is Cc1ccc(C)c(S(=O)(=O)Nc2ccc(-c3ccc4nncn4n3)cc2)c1. The Morgan fingerprint density at radius 2 is 1.74 bits per heavy atom. The van der Waals surface area contributed by atoms with Gasteiger partial charge in [0.15, 0.2) is 5.65 Å². The first kappa shape index (κ1) is 17.2. The van der Waals surface area contributed by atoms with Crippen molar-refractivity contribution in [3.8, 4) is 11.3 Å². The van der Waals surface area contributed by atoms with Gasteiger partial charge in [-0.25, -0.2) is 8.42 Å². The number of nitrogens with zero attached hydrogens (tertiary/aromatic N) is 4. The second-order valence-electron chi connectivity index (χ2n) is 6.30. The minimum Gasteiger partial charge on any atom is -0.280 e. The average Bonchev–Trinajstić information content (AvgIpc) is 3.11. The topological polar surface area (TPSA) is 89.2 Å². The van der Waals surface area contributed by atoms with Gasteiger partial charge in [-0.05, 0) is 55.3 Å². The minimum absolute atomic E-state index is 0.284. The molecule has 0 aliphatic carbocycles. The molecular formula is C19H17N5O2S. The summed E-state index contributed by atoms with van der Waals surface area (Å²) in [7, 11) is -3.65. The average molecular weight is 379 g/mol. The Hall–Kier alpha value is -3.26. The number of rotatable bonds is 4. The van der Waals surface area contributed by atoms with Crippen molar-refractivity contribution in [3.63, 3.8) is 0 Å². The summed E-state index contributed by atoms with van der Waals surface area (Å²) < 4.78 is 29.6. The van der Waals surface area contributed by atoms with E-state index in [4.69, 9.17) is 0 Å². The maximum absolute atomic E-state index is 12.7. The summed E-state index contributed by atoms with van der Waals surface area (Å²) in [6.07, 6.45) is 1.53. The molecule has 0 saturated heterocycles. The maximum atomic E-state index is 12.7. The number of aryl methyl sites for hydroxylation is 2. The quantitative estimate of drug-likeness (QED) is 0.588. The van der Waals surface area contributed by atoms with Crippen LogP contribution in [0.15, 0.2) is 65.8 Å². The van der Waals surface area contributed by atoms with Crippen molar-refractivity contribution in [2.75, 3.05) is 4.72 Å². The number of sulfonamides is 1. The molecule has 0 atom stereocenters. The molecular weight excluding hydrogens is 362 g/mol. The molecule has 7 nitrogen and oxygen atoms in total. The van der Waals surface area contributed by atoms with Crippen LogP contribution < -0.4 is 4.72 Å². The molecule has 0 bridgehead atoms. The van der Waals surface area contributed by atoms with Gasteiger partial charge < -0.3 is 0 Å². The van der Waals surface area contributed by atoms with Crippen LogP contribution in [0, 0.1) is 13.8 Å². The number of fused-ring (bicyclic) bond motifs is 1. The number of anilines is 1. The molecule has 0 saturated carbocycles. The normalized spacial score (nSPS) is 11.6. The first-order valence-corrected chi connectivity index (χ1v) is 9.78. The van der Waals surface area contributed by atoms with Gasteiger partial charge >= 0.3 is 0 Å². The lowest BCUT2D eigenvalue weighted by molar-refractivity contribution is 0.600. The Bertz CT molecular complexity index is 1230. The zero-order valence-corrected chi connectivity index (χ0v) is 15.6. The van der Waals surface area contributed by atoms with E-state index in [-0.39, 0.29) is 4.90 Å². The molecule has 2 heterocycles. The Balaban J connectivity index is 1.61. The Morgan fingerprint density at radius 3 is 2.52 bits per heavy atom. The van der Waals surface area contributed by atoms with Gasteiger partial charge in [0.2, 0.25) is 0 Å². The highest BCUT2D eigenvalue weighted by Gasteiger charge is 2.17. The molecule has 4 aromatic rings. The zero-order chi connectivity index (χ0) is 19.0. The van der Waals surface area contributed by atoms with Crippen LogP contribution >= 0.6 is 0 Å². The summed E-state index contributed by atoms with van der Waals surface area (Å²) in [5, 5.41) is 12.2. The lowest BCUT2D eigenvalue weighted by Gasteiger charge is -2.11. The molecule has 0 unspecified atom stereocenters. The monoisotopic (exact) mass is 379 g/mol. The van der Waals surface area contributed by atoms with Crippen molar-refractivity contribution in [3.05, 3.63) is 72.1 Å². The molecule has 0 spiro atoms. The molecule has 0 radical (unpaired) electrons. The van der Waals surface area contributed by atoms with E-state index in [0.29, 0.717) is 16.9 Å². The van der Waals surface area contributed by atoms with Crippen molar-refractivity contribution in [2.45, 2.75) is 18.7 Å². The van der Waals surface area contributed by atoms with Gasteiger partial charge in [-0.3, -0.25) is 4.72 Å². The second kappa shape index (κ2) is 6.48. The van der Waals surface area contributed by atoms with E-state index in [2.05, 4.69) is 20.0 Å². The van der Waals surface area contributed by atoms with E-state index in [0.717, 1.165) is 16.8 Å². The van der Waals surface area contributed by atoms with E-state index in [1.165, 1.54) is 6.33 Å². The smallest absolute Gasteiger partial charge is 0.262 e. The van der Waals surface area contributed by atoms with Crippen LogP contribution in [-0.2, 0) is 10.0 Å². The first-order valence-electron chi connectivity index (χ1n) is 8.30. The van der Waals surface area contributed by atoms with Crippen LogP contribution in [0.5, 0.6) is 0 Å². The third kappa shape index (κ3) is 3.39. The molecule has 0 aliphatic heterocycles. The number of hydrogen-bond donors (Lipinski definition) is 1. The highest BCUT2D eigenvalue weighted by Crippen LogP contribution is 2.23. The molecule has 2 aromatic carbocycles. The van der Waals surface area contributed by atoms with Gasteiger partial charge in [0.1, 0.15) is 6.33 Å². The van der Waals surface area contributed by atoms with E-state index < -0.39 is 10.0 Å². The van der Waals surface area contributed by atoms with Gasteiger partial charge in [-0.15, -0.1) is 10.2 Å². The molecule has 8 heteroatoms. The van der Waals surface area contributed by atoms with Crippen LogP contribution in [0.3, 0.4) is 0 Å². The summed E-state index contributed by atoms with van der Waals surface area (Å²) in [6.45, 7) is 3.65. The highest BCUT2D eigenvalue weighted by atomic mass is 32.2. The lowest BCUT2D eigenvalue weighted by Crippen LogP contribution is -2.14. The Labute approximate surface area is 156 Å². The summed E-state index contributed by atoms with van der Waals surface area (Å²) >= 11 is 0. The van der Waals surface area contributed by atoms with Gasteiger partial charge in [0.05, 0.1) is 10.6 Å². The Morgan fingerprint density at radius 1 is 0.963 bits per heavy atom. The third-order valence-electron chi connectivity index (χ3n) is 4.23. The van der Waals surface area contributed by atoms with E-state index in [1.807, 2.05) is 37.3 Å². The maximum Gasteiger partial charge on any atom is 0.262 e. The third-order valence-corrected chi connectivity index (χ3v) is 5.75. The first-order chi connectivity index (χ1) is 12.9. The predicted octanol–water partition coefficient (Wildman–Crippen LogP) is 3.21. The molecule has 2 aromatic heterocycles. The van der Waals surface area contributed by atoms with Gasteiger partial charge in [-0.2, -0.15) is 9.61 Å². The van der Waals surface area contributed by atoms with Crippen molar-refractivity contribution in [1.82, 2.24) is 19.8 Å². The number of nitrogens with one attached hydrogen (secondary N) is 1. The van der Waals surface area contributed by atoms with E-state index in [9.17, 15) is 8.42 Å². The van der Waals surface area contributed by atoms with Gasteiger partial charge in [-0.1, -0.05) is 24.3 Å². The van der Waals surface area contributed by atoms with Crippen LogP contribution in [-0.4, -0.2) is 28.2 Å². The molecule has 1 N–H and O–H groups in total. The van der Waals surface area contributed by atoms with Crippen LogP contribution in [0.25, 0.3) is 16.9 Å². The van der Waals surface area contributed by atoms with Crippen molar-refractivity contribution < 1.29 is 8.42 Å². The largest absolute Gasteiger partial charge is 0.280 e. The Kier molecular flexibility index (Phi) is 4.12. The van der Waals surface area contributed by atoms with Gasteiger partial charge in [0.25, 0.3) is 10.0 Å². The molecule has 4 rings (SSSR count). The zero-order valence-electron chi connectivity index (χ0n) is 14.8. The molecule has 27 heavy (non-hydrogen) atoms. The van der Waals surface area contributed by atoms with E-state index in [1.54, 1.807) is 35.7 Å². The summed E-state index contributed by atoms with van der Waals surface area (Å²) in [4.78, 5) is 0.284. The molecule has 136 valence electrons. The fraction of sp³-hybridized carbons (Fsp3) is 0.105. The second-order valence-corrected chi connectivity index (χ2v) is 7.95. The van der Waals surface area contributed by atoms with Crippen molar-refractivity contribution in [1.29, 1.82) is 0 Å². The van der Waals surface area contributed by atoms with Crippen LogP contribution in [0.2, 0.25) is 0 Å². The number of aromatic nitrogens is 4. The molecule has 0 amide bonds. The van der Waals surface area contributed by atoms with Gasteiger partial charge in [0, 0.05) is 11.3 Å². The van der Waals surface area contributed by atoms with E-state index >= 15 is 0 Å². The van der Waals surface area contributed by atoms with Crippen LogP contribution in [0.4, 0.5) is 5.69 Å². The standard InChI is InChI=1S/C19H17N5O2S/c1-13-3-4-14(2)18(11-13)27(25,26)23-16-7-5-15(6-8-16)17-9-10-19-21-20-12-24(19)22-17/h3-12,23H,1-2H3. The molecule has 0 aliphatic rings. The van der Waals surface area contributed by atoms with Crippen LogP contribution in [0.1, 0.15) is 11.1 Å². The minimum atomic E-state index is -3.65. The number of hydrogen-bond acceptors (Lipinski definition) is 5. The van der Waals surface area contributed by atoms with Crippen molar-refractivity contribution >= 4 is 21.4 Å². The summed E-state index contributed by atoms with van der Waals surface area (Å²) in [5.41, 5.74) is 4.36. The fourth-order valence-electron chi connectivity index (χ4n) is 2.80. The number of benzene rings is 2. The summed E-state index contributed by atoms with van der Waals surface area (Å²) in [6, 6.07) is 16.1. The fourth-order valence-corrected chi connectivity index (χ4v) is 4.19. The predicted molar refractivity (Wildman–Crippen MR) is 103 cm³/mol. The lowest BCUT2D eigenvalue weighted by atomic mass is 10.1. The highest BCUT2D eigenvalue weighted by molar-refractivity contribution is 7.92.